The molecule has 0 saturated heterocycles. The lowest BCUT2D eigenvalue weighted by molar-refractivity contribution is 0.0728. The van der Waals surface area contributed by atoms with Crippen LogP contribution in [-0.2, 0) is 13.0 Å². The molecule has 0 unspecified atom stereocenters. The average Bonchev–Trinajstić information content (AvgIpc) is 2.78. The zero-order chi connectivity index (χ0) is 20.9. The van der Waals surface area contributed by atoms with Crippen molar-refractivity contribution in [2.24, 2.45) is 0 Å². The topological polar surface area (TPSA) is 85.0 Å². The van der Waals surface area contributed by atoms with Crippen molar-refractivity contribution in [3.05, 3.63) is 106 Å². The van der Waals surface area contributed by atoms with Crippen molar-refractivity contribution in [3.8, 4) is 11.8 Å². The second kappa shape index (κ2) is 8.41. The Morgan fingerprint density at radius 2 is 1.57 bits per heavy atom. The summed E-state index contributed by atoms with van der Waals surface area (Å²) in [4.78, 5) is 25.8. The van der Waals surface area contributed by atoms with Crippen molar-refractivity contribution in [2.75, 3.05) is 0 Å². The Labute approximate surface area is 172 Å². The summed E-state index contributed by atoms with van der Waals surface area (Å²) in [6.45, 7) is 0.244. The van der Waals surface area contributed by atoms with E-state index in [-0.39, 0.29) is 24.2 Å². The predicted octanol–water partition coefficient (Wildman–Crippen LogP) is 3.73. The van der Waals surface area contributed by atoms with Gasteiger partial charge in [-0.3, -0.25) is 4.79 Å². The van der Waals surface area contributed by atoms with E-state index < -0.39 is 5.97 Å². The van der Waals surface area contributed by atoms with Crippen molar-refractivity contribution >= 4 is 16.7 Å². The minimum absolute atomic E-state index is 0.0715. The molecule has 4 rings (SSSR count). The first-order chi connectivity index (χ1) is 14.7. The highest BCUT2D eigenvalue weighted by Gasteiger charge is 2.19. The molecule has 4 aromatic rings. The summed E-state index contributed by atoms with van der Waals surface area (Å²) >= 11 is 0. The molecular weight excluding hydrogens is 378 g/mol. The van der Waals surface area contributed by atoms with E-state index in [1.165, 1.54) is 4.68 Å². The molecule has 0 aliphatic heterocycles. The first-order valence-corrected chi connectivity index (χ1v) is 9.37. The van der Waals surface area contributed by atoms with Crippen LogP contribution in [0.2, 0.25) is 0 Å². The van der Waals surface area contributed by atoms with Crippen molar-refractivity contribution in [3.63, 3.8) is 0 Å². The van der Waals surface area contributed by atoms with Crippen molar-refractivity contribution in [1.29, 1.82) is 5.26 Å². The molecule has 0 saturated carbocycles. The Bertz CT molecular complexity index is 1300. The Balaban J connectivity index is 1.72. The lowest BCUT2D eigenvalue weighted by Crippen LogP contribution is -2.27. The van der Waals surface area contributed by atoms with Gasteiger partial charge >= 0.3 is 5.97 Å². The third kappa shape index (κ3) is 3.96. The first kappa shape index (κ1) is 19.1. The van der Waals surface area contributed by atoms with Crippen molar-refractivity contribution in [2.45, 2.75) is 13.0 Å². The number of carbonyl (C=O) groups is 1. The van der Waals surface area contributed by atoms with E-state index in [0.29, 0.717) is 16.5 Å². The van der Waals surface area contributed by atoms with Gasteiger partial charge in [-0.15, -0.1) is 0 Å². The van der Waals surface area contributed by atoms with Gasteiger partial charge in [0, 0.05) is 5.39 Å². The fourth-order valence-corrected chi connectivity index (χ4v) is 3.17. The van der Waals surface area contributed by atoms with Gasteiger partial charge in [0.25, 0.3) is 5.56 Å². The number of rotatable bonds is 5. The quantitative estimate of drug-likeness (QED) is 0.380. The van der Waals surface area contributed by atoms with Gasteiger partial charge in [0.05, 0.1) is 24.4 Å². The second-order valence-electron chi connectivity index (χ2n) is 6.71. The summed E-state index contributed by atoms with van der Waals surface area (Å²) in [5, 5.41) is 13.9. The number of benzene rings is 3. The Kier molecular flexibility index (Phi) is 5.35. The standard InChI is InChI=1S/C24H17N3O3/c25-15-14-17-10-12-19(13-11-17)30-24(29)22-20-8-4-5-9-21(20)23(28)27(26-22)16-18-6-2-1-3-7-18/h1-13H,14,16H2. The van der Waals surface area contributed by atoms with E-state index in [9.17, 15) is 9.59 Å². The number of esters is 1. The maximum atomic E-state index is 12.9. The van der Waals surface area contributed by atoms with E-state index in [2.05, 4.69) is 11.2 Å². The van der Waals surface area contributed by atoms with Gasteiger partial charge in [-0.1, -0.05) is 60.7 Å². The molecule has 1 heterocycles. The van der Waals surface area contributed by atoms with Gasteiger partial charge < -0.3 is 4.74 Å². The maximum absolute atomic E-state index is 12.9. The van der Waals surface area contributed by atoms with E-state index in [4.69, 9.17) is 10.00 Å². The summed E-state index contributed by atoms with van der Waals surface area (Å²) in [6, 6.07) is 25.1. The van der Waals surface area contributed by atoms with E-state index in [0.717, 1.165) is 11.1 Å². The summed E-state index contributed by atoms with van der Waals surface area (Å²) in [5.74, 6) is -0.311. The first-order valence-electron chi connectivity index (χ1n) is 9.37. The molecule has 0 atom stereocenters. The average molecular weight is 395 g/mol. The van der Waals surface area contributed by atoms with Crippen LogP contribution in [0.3, 0.4) is 0 Å². The predicted molar refractivity (Wildman–Crippen MR) is 112 cm³/mol. The molecule has 6 nitrogen and oxygen atoms in total. The van der Waals surface area contributed by atoms with Crippen LogP contribution in [0.25, 0.3) is 10.8 Å². The third-order valence-corrected chi connectivity index (χ3v) is 4.65. The SMILES string of the molecule is N#CCc1ccc(OC(=O)c2nn(Cc3ccccc3)c(=O)c3ccccc23)cc1. The number of nitriles is 1. The molecule has 0 aliphatic rings. The Hall–Kier alpha value is -4.24. The van der Waals surface area contributed by atoms with Crippen LogP contribution in [0, 0.1) is 11.3 Å². The monoisotopic (exact) mass is 395 g/mol. The van der Waals surface area contributed by atoms with Gasteiger partial charge in [0.1, 0.15) is 5.75 Å². The molecule has 0 amide bonds. The van der Waals surface area contributed by atoms with Crippen LogP contribution in [-0.4, -0.2) is 15.7 Å². The van der Waals surface area contributed by atoms with Crippen molar-refractivity contribution in [1.82, 2.24) is 9.78 Å². The lowest BCUT2D eigenvalue weighted by atomic mass is 10.1. The molecule has 0 N–H and O–H groups in total. The van der Waals surface area contributed by atoms with E-state index in [1.807, 2.05) is 30.3 Å². The van der Waals surface area contributed by atoms with Crippen molar-refractivity contribution < 1.29 is 9.53 Å². The van der Waals surface area contributed by atoms with Gasteiger partial charge in [0.2, 0.25) is 0 Å². The summed E-state index contributed by atoms with van der Waals surface area (Å²) in [7, 11) is 0. The lowest BCUT2D eigenvalue weighted by Gasteiger charge is -2.11. The minimum Gasteiger partial charge on any atom is -0.422 e. The molecule has 30 heavy (non-hydrogen) atoms. The minimum atomic E-state index is -0.652. The molecule has 3 aromatic carbocycles. The zero-order valence-corrected chi connectivity index (χ0v) is 16.0. The van der Waals surface area contributed by atoms with E-state index >= 15 is 0 Å². The van der Waals surface area contributed by atoms with Gasteiger partial charge in [-0.2, -0.15) is 10.4 Å². The summed E-state index contributed by atoms with van der Waals surface area (Å²) in [6.07, 6.45) is 0.283. The summed E-state index contributed by atoms with van der Waals surface area (Å²) < 4.78 is 6.77. The van der Waals surface area contributed by atoms with Crippen LogP contribution in [0.15, 0.2) is 83.7 Å². The van der Waals surface area contributed by atoms with Crippen LogP contribution in [0.4, 0.5) is 0 Å². The van der Waals surface area contributed by atoms with E-state index in [1.54, 1.807) is 48.5 Å². The fraction of sp³-hybridized carbons (Fsp3) is 0.0833. The van der Waals surface area contributed by atoms with Crippen LogP contribution < -0.4 is 10.3 Å². The molecule has 1 aromatic heterocycles. The molecule has 146 valence electrons. The Morgan fingerprint density at radius 3 is 2.27 bits per heavy atom. The van der Waals surface area contributed by atoms with Gasteiger partial charge in [-0.25, -0.2) is 9.48 Å². The molecule has 0 bridgehead atoms. The Morgan fingerprint density at radius 1 is 0.900 bits per heavy atom. The van der Waals surface area contributed by atoms with Gasteiger partial charge in [0.15, 0.2) is 5.69 Å². The second-order valence-corrected chi connectivity index (χ2v) is 6.71. The molecule has 0 radical (unpaired) electrons. The number of hydrogen-bond acceptors (Lipinski definition) is 5. The highest BCUT2D eigenvalue weighted by molar-refractivity contribution is 6.02. The number of fused-ring (bicyclic) bond motifs is 1. The highest BCUT2D eigenvalue weighted by atomic mass is 16.5. The normalized spacial score (nSPS) is 10.5. The smallest absolute Gasteiger partial charge is 0.364 e. The number of carbonyl (C=O) groups excluding carboxylic acids is 1. The molecule has 6 heteroatoms. The van der Waals surface area contributed by atoms with Crippen LogP contribution in [0.5, 0.6) is 5.75 Å². The molecule has 0 fully saturated rings. The highest BCUT2D eigenvalue weighted by Crippen LogP contribution is 2.18. The summed E-state index contributed by atoms with van der Waals surface area (Å²) in [5.41, 5.74) is 1.53. The van der Waals surface area contributed by atoms with Crippen LogP contribution in [0.1, 0.15) is 21.6 Å². The molecular formula is C24H17N3O3. The third-order valence-electron chi connectivity index (χ3n) is 4.65. The van der Waals surface area contributed by atoms with Gasteiger partial charge in [-0.05, 0) is 29.3 Å². The maximum Gasteiger partial charge on any atom is 0.364 e. The fourth-order valence-electron chi connectivity index (χ4n) is 3.17. The number of hydrogen-bond donors (Lipinski definition) is 0. The van der Waals surface area contributed by atoms with Crippen LogP contribution >= 0.6 is 0 Å². The number of ether oxygens (including phenoxy) is 1. The molecule has 0 spiro atoms. The largest absolute Gasteiger partial charge is 0.422 e. The number of aromatic nitrogens is 2. The zero-order valence-electron chi connectivity index (χ0n) is 16.0. The molecule has 0 aliphatic carbocycles. The number of nitrogens with zero attached hydrogens (tertiary/aromatic N) is 3.